The van der Waals surface area contributed by atoms with Gasteiger partial charge in [-0.2, -0.15) is 13.2 Å². The van der Waals surface area contributed by atoms with Crippen LogP contribution in [0.2, 0.25) is 0 Å². The van der Waals surface area contributed by atoms with Crippen LogP contribution in [-0.4, -0.2) is 31.5 Å². The summed E-state index contributed by atoms with van der Waals surface area (Å²) >= 11 is 0. The predicted octanol–water partition coefficient (Wildman–Crippen LogP) is 5.63. The van der Waals surface area contributed by atoms with Crippen LogP contribution in [0.4, 0.5) is 32.0 Å². The van der Waals surface area contributed by atoms with E-state index in [1.54, 1.807) is 30.3 Å². The molecule has 1 heterocycles. The van der Waals surface area contributed by atoms with E-state index in [1.807, 2.05) is 0 Å². The fraction of sp³-hybridized carbons (Fsp3) is 0.179. The highest BCUT2D eigenvalue weighted by Crippen LogP contribution is 2.37. The minimum absolute atomic E-state index is 0.00220. The molecular weight excluding hydrogens is 600 g/mol. The maximum atomic E-state index is 13.5. The van der Waals surface area contributed by atoms with Crippen LogP contribution < -0.4 is 21.3 Å². The van der Waals surface area contributed by atoms with Gasteiger partial charge in [0.25, 0.3) is 0 Å². The van der Waals surface area contributed by atoms with Crippen LogP contribution in [0.25, 0.3) is 22.5 Å². The molecule has 0 amide bonds. The number of nitrogens with two attached hydrogens (primary N) is 2. The number of alkyl halides is 6. The second kappa shape index (κ2) is 12.1. The monoisotopic (exact) mass is 625 g/mol. The third-order valence-electron chi connectivity index (χ3n) is 6.35. The van der Waals surface area contributed by atoms with Crippen LogP contribution in [0.3, 0.4) is 0 Å². The van der Waals surface area contributed by atoms with Gasteiger partial charge >= 0.3 is 12.5 Å². The average molecular weight is 626 g/mol. The molecule has 0 radical (unpaired) electrons. The molecule has 15 heteroatoms. The molecule has 8 nitrogen and oxygen atoms in total. The molecule has 0 saturated carbocycles. The first-order chi connectivity index (χ1) is 20.1. The first kappa shape index (κ1) is 31.6. The number of halogens is 6. The Morgan fingerprint density at radius 1 is 1.05 bits per heavy atom. The molecule has 43 heavy (non-hydrogen) atoms. The zero-order chi connectivity index (χ0) is 31.7. The SMILES string of the molecule is Cc1nc(C(F)(F)F)cn1-c1ccc(-c2ccc(CO)c(S(C)=O)c2)cc1N(N)/C(=C\N)c1ccc(OC(F)(F)F)cc1. The summed E-state index contributed by atoms with van der Waals surface area (Å²) < 4.78 is 95.8. The lowest BCUT2D eigenvalue weighted by Gasteiger charge is -2.26. The summed E-state index contributed by atoms with van der Waals surface area (Å²) in [6, 6.07) is 14.3. The first-order valence-corrected chi connectivity index (χ1v) is 13.9. The van der Waals surface area contributed by atoms with Crippen LogP contribution in [0.5, 0.6) is 5.75 Å². The summed E-state index contributed by atoms with van der Waals surface area (Å²) in [6.45, 7) is 1.04. The van der Waals surface area contributed by atoms with Crippen LogP contribution in [-0.2, 0) is 23.6 Å². The third-order valence-corrected chi connectivity index (χ3v) is 7.35. The number of aliphatic hydroxyl groups is 1. The molecule has 0 bridgehead atoms. The number of hydrazine groups is 1. The second-order valence-corrected chi connectivity index (χ2v) is 10.5. The summed E-state index contributed by atoms with van der Waals surface area (Å²) in [5, 5.41) is 10.7. The molecule has 5 N–H and O–H groups in total. The number of hydrogen-bond acceptors (Lipinski definition) is 7. The maximum absolute atomic E-state index is 13.5. The molecule has 1 unspecified atom stereocenters. The van der Waals surface area contributed by atoms with Gasteiger partial charge in [-0.15, -0.1) is 13.2 Å². The standard InChI is InChI=1S/C28H25F6N5O3S/c1-16-37-26(27(29,30)31)14-38(16)22-10-7-18(19-3-4-20(15-40)25(12-19)43(2)41)11-23(22)39(36)24(13-35)17-5-8-21(9-6-17)42-28(32,33)34/h3-14,40H,15,35-36H2,1-2H3/b24-13-. The number of rotatable bonds is 8. The Bertz CT molecular complexity index is 1680. The smallest absolute Gasteiger partial charge is 0.406 e. The van der Waals surface area contributed by atoms with Crippen molar-refractivity contribution in [1.29, 1.82) is 0 Å². The summed E-state index contributed by atoms with van der Waals surface area (Å²) in [5.41, 5.74) is 6.97. The van der Waals surface area contributed by atoms with Crippen LogP contribution in [0, 0.1) is 6.92 Å². The molecule has 0 aliphatic rings. The van der Waals surface area contributed by atoms with Crippen molar-refractivity contribution >= 4 is 22.2 Å². The lowest BCUT2D eigenvalue weighted by atomic mass is 10.0. The number of aryl methyl sites for hydroxylation is 1. The van der Waals surface area contributed by atoms with E-state index >= 15 is 0 Å². The van der Waals surface area contributed by atoms with Crippen molar-refractivity contribution < 1.29 is 40.4 Å². The van der Waals surface area contributed by atoms with Gasteiger partial charge in [0.15, 0.2) is 5.69 Å². The van der Waals surface area contributed by atoms with Crippen LogP contribution in [0.1, 0.15) is 22.6 Å². The average Bonchev–Trinajstić information content (AvgIpc) is 3.34. The molecule has 228 valence electrons. The van der Waals surface area contributed by atoms with Gasteiger partial charge in [0, 0.05) is 29.1 Å². The minimum atomic E-state index is -4.90. The topological polar surface area (TPSA) is 120 Å². The van der Waals surface area contributed by atoms with Crippen molar-refractivity contribution in [3.05, 3.63) is 95.7 Å². The van der Waals surface area contributed by atoms with Gasteiger partial charge in [0.1, 0.15) is 11.6 Å². The van der Waals surface area contributed by atoms with Gasteiger partial charge in [-0.05, 0) is 66.1 Å². The van der Waals surface area contributed by atoms with Gasteiger partial charge in [0.05, 0.1) is 34.5 Å². The van der Waals surface area contributed by atoms with Crippen LogP contribution >= 0.6 is 0 Å². The number of benzene rings is 3. The highest BCUT2D eigenvalue weighted by atomic mass is 32.2. The predicted molar refractivity (Wildman–Crippen MR) is 149 cm³/mol. The van der Waals surface area contributed by atoms with Crippen LogP contribution in [0.15, 0.2) is 78.0 Å². The van der Waals surface area contributed by atoms with Gasteiger partial charge < -0.3 is 20.1 Å². The second-order valence-electron chi connectivity index (χ2n) is 9.17. The first-order valence-electron chi connectivity index (χ1n) is 12.3. The number of ether oxygens (including phenoxy) is 1. The molecule has 0 saturated heterocycles. The molecule has 1 aromatic heterocycles. The van der Waals surface area contributed by atoms with Crippen molar-refractivity contribution in [3.8, 4) is 22.6 Å². The molecule has 4 rings (SSSR count). The fourth-order valence-electron chi connectivity index (χ4n) is 4.36. The Hall–Kier alpha value is -4.34. The van der Waals surface area contributed by atoms with E-state index in [1.165, 1.54) is 35.9 Å². The van der Waals surface area contributed by atoms with E-state index in [-0.39, 0.29) is 35.1 Å². The largest absolute Gasteiger partial charge is 0.573 e. The highest BCUT2D eigenvalue weighted by Gasteiger charge is 2.35. The Kier molecular flexibility index (Phi) is 8.89. The molecule has 3 aromatic carbocycles. The summed E-state index contributed by atoms with van der Waals surface area (Å²) in [7, 11) is -1.44. The summed E-state index contributed by atoms with van der Waals surface area (Å²) in [6.07, 6.45) is -6.27. The Morgan fingerprint density at radius 3 is 2.21 bits per heavy atom. The molecule has 0 aliphatic heterocycles. The molecule has 0 spiro atoms. The van der Waals surface area contributed by atoms with Gasteiger partial charge in [-0.1, -0.05) is 18.2 Å². The maximum Gasteiger partial charge on any atom is 0.573 e. The molecule has 0 fully saturated rings. The number of aromatic nitrogens is 2. The number of nitrogens with zero attached hydrogens (tertiary/aromatic N) is 3. The normalized spacial score (nSPS) is 13.2. The van der Waals surface area contributed by atoms with Crippen molar-refractivity contribution in [2.45, 2.75) is 31.0 Å². The number of imidazole rings is 1. The van der Waals surface area contributed by atoms with Crippen molar-refractivity contribution in [2.24, 2.45) is 11.6 Å². The molecule has 4 aromatic rings. The van der Waals surface area contributed by atoms with Crippen molar-refractivity contribution in [1.82, 2.24) is 9.55 Å². The van der Waals surface area contributed by atoms with Crippen molar-refractivity contribution in [3.63, 3.8) is 0 Å². The Labute approximate surface area is 244 Å². The van der Waals surface area contributed by atoms with Crippen molar-refractivity contribution in [2.75, 3.05) is 11.3 Å². The molecule has 0 aliphatic carbocycles. The third kappa shape index (κ3) is 7.01. The van der Waals surface area contributed by atoms with E-state index in [0.717, 1.165) is 29.5 Å². The number of aliphatic hydroxyl groups excluding tert-OH is 1. The lowest BCUT2D eigenvalue weighted by molar-refractivity contribution is -0.274. The Morgan fingerprint density at radius 2 is 1.67 bits per heavy atom. The molecular formula is C28H25F6N5O3S. The molecule has 1 atom stereocenters. The Balaban J connectivity index is 1.87. The summed E-state index contributed by atoms with van der Waals surface area (Å²) in [4.78, 5) is 4.02. The van der Waals surface area contributed by atoms with Gasteiger partial charge in [-0.3, -0.25) is 9.22 Å². The zero-order valence-corrected chi connectivity index (χ0v) is 23.4. The minimum Gasteiger partial charge on any atom is -0.406 e. The van der Waals surface area contributed by atoms with E-state index < -0.39 is 34.8 Å². The van der Waals surface area contributed by atoms with E-state index in [0.29, 0.717) is 21.6 Å². The van der Waals surface area contributed by atoms with Gasteiger partial charge in [-0.25, -0.2) is 10.8 Å². The number of anilines is 1. The zero-order valence-electron chi connectivity index (χ0n) is 22.6. The lowest BCUT2D eigenvalue weighted by Crippen LogP contribution is -2.31. The fourth-order valence-corrected chi connectivity index (χ4v) is 5.15. The number of hydrogen-bond donors (Lipinski definition) is 3. The highest BCUT2D eigenvalue weighted by molar-refractivity contribution is 7.84. The summed E-state index contributed by atoms with van der Waals surface area (Å²) in [5.74, 6) is 6.02. The van der Waals surface area contributed by atoms with Gasteiger partial charge in [0.2, 0.25) is 0 Å². The quantitative estimate of drug-likeness (QED) is 0.132. The van der Waals surface area contributed by atoms with E-state index in [4.69, 9.17) is 11.6 Å². The van der Waals surface area contributed by atoms with E-state index in [9.17, 15) is 35.7 Å². The van der Waals surface area contributed by atoms with E-state index in [2.05, 4.69) is 9.72 Å².